The summed E-state index contributed by atoms with van der Waals surface area (Å²) in [6, 6.07) is 27.6. The van der Waals surface area contributed by atoms with E-state index in [1.54, 1.807) is 97.1 Å². The maximum atomic E-state index is 14.1. The minimum Gasteiger partial charge on any atom is -0.268 e. The summed E-state index contributed by atoms with van der Waals surface area (Å²) in [5, 5.41) is 0.365. The average Bonchev–Trinajstić information content (AvgIpc) is 2.90. The number of amides is 4. The zero-order valence-electron chi connectivity index (χ0n) is 19.5. The first kappa shape index (κ1) is 24.2. The van der Waals surface area contributed by atoms with E-state index in [9.17, 15) is 18.8 Å². The highest BCUT2D eigenvalue weighted by Gasteiger charge is 2.43. The zero-order chi connectivity index (χ0) is 25.9. The van der Waals surface area contributed by atoms with E-state index in [2.05, 4.69) is 0 Å². The minimum atomic E-state index is -0.761. The van der Waals surface area contributed by atoms with Crippen LogP contribution in [0.3, 0.4) is 0 Å². The number of halogens is 2. The first-order chi connectivity index (χ1) is 17.9. The van der Waals surface area contributed by atoms with Gasteiger partial charge in [0.15, 0.2) is 0 Å². The summed E-state index contributed by atoms with van der Waals surface area (Å²) in [4.78, 5) is 42.3. The molecule has 1 saturated heterocycles. The number of carbonyl (C=O) groups excluding carboxylic acids is 3. The molecule has 182 valence electrons. The highest BCUT2D eigenvalue weighted by molar-refractivity contribution is 6.46. The number of imide groups is 2. The molecule has 1 heterocycles. The fourth-order valence-corrected chi connectivity index (χ4v) is 4.41. The third kappa shape index (κ3) is 4.79. The smallest absolute Gasteiger partial charge is 0.268 e. The molecule has 0 aromatic heterocycles. The molecule has 1 aliphatic rings. The van der Waals surface area contributed by atoms with Gasteiger partial charge in [-0.1, -0.05) is 78.3 Å². The van der Waals surface area contributed by atoms with Crippen molar-refractivity contribution in [1.29, 1.82) is 0 Å². The van der Waals surface area contributed by atoms with Gasteiger partial charge >= 0.3 is 6.03 Å². The molecule has 4 aromatic rings. The topological polar surface area (TPSA) is 57.7 Å². The molecule has 4 amide bonds. The molecule has 0 saturated carbocycles. The second-order valence-corrected chi connectivity index (χ2v) is 8.82. The van der Waals surface area contributed by atoms with Crippen LogP contribution in [0.2, 0.25) is 5.02 Å². The van der Waals surface area contributed by atoms with Crippen molar-refractivity contribution in [2.75, 3.05) is 9.80 Å². The number of rotatable bonds is 5. The Morgan fingerprint density at radius 1 is 0.676 bits per heavy atom. The van der Waals surface area contributed by atoms with Crippen LogP contribution in [0.1, 0.15) is 16.7 Å². The van der Waals surface area contributed by atoms with Crippen molar-refractivity contribution in [3.63, 3.8) is 0 Å². The van der Waals surface area contributed by atoms with Crippen molar-refractivity contribution < 1.29 is 18.8 Å². The van der Waals surface area contributed by atoms with Crippen LogP contribution < -0.4 is 9.80 Å². The molecule has 37 heavy (non-hydrogen) atoms. The van der Waals surface area contributed by atoms with Crippen molar-refractivity contribution in [2.45, 2.75) is 6.42 Å². The van der Waals surface area contributed by atoms with E-state index in [-0.39, 0.29) is 17.8 Å². The highest BCUT2D eigenvalue weighted by atomic mass is 35.5. The normalized spacial score (nSPS) is 13.8. The van der Waals surface area contributed by atoms with E-state index < -0.39 is 17.8 Å². The SMILES string of the molecule is O=C1C(=Cc2ccc(Cc3ccccc3F)c(Cl)c2)C(=O)N(c2ccccc2)C(=O)N1c1ccccc1. The van der Waals surface area contributed by atoms with Crippen LogP contribution in [0.25, 0.3) is 6.08 Å². The number of barbiturate groups is 1. The standard InChI is InChI=1S/C30H20ClFN2O3/c31-26-18-20(15-16-21(26)19-22-9-7-8-14-27(22)32)17-25-28(35)33(23-10-3-1-4-11-23)30(37)34(29(25)36)24-12-5-2-6-13-24/h1-18H,19H2. The Balaban J connectivity index is 1.54. The molecule has 0 atom stereocenters. The summed E-state index contributed by atoms with van der Waals surface area (Å²) in [7, 11) is 0. The summed E-state index contributed by atoms with van der Waals surface area (Å²) < 4.78 is 14.1. The van der Waals surface area contributed by atoms with Gasteiger partial charge in [-0.15, -0.1) is 0 Å². The predicted molar refractivity (Wildman–Crippen MR) is 142 cm³/mol. The summed E-state index contributed by atoms with van der Waals surface area (Å²) in [5.41, 5.74) is 2.19. The van der Waals surface area contributed by atoms with E-state index >= 15 is 0 Å². The Bertz CT molecular complexity index is 1470. The number of carbonyl (C=O) groups is 3. The molecule has 5 nitrogen and oxygen atoms in total. The maximum Gasteiger partial charge on any atom is 0.343 e. The molecule has 4 aromatic carbocycles. The number of hydrogen-bond donors (Lipinski definition) is 0. The lowest BCUT2D eigenvalue weighted by Crippen LogP contribution is -2.57. The van der Waals surface area contributed by atoms with Crippen molar-refractivity contribution in [1.82, 2.24) is 0 Å². The molecule has 7 heteroatoms. The highest BCUT2D eigenvalue weighted by Crippen LogP contribution is 2.30. The van der Waals surface area contributed by atoms with Gasteiger partial charge in [-0.05, 0) is 59.2 Å². The summed E-state index contributed by atoms with van der Waals surface area (Å²) in [6.45, 7) is 0. The van der Waals surface area contributed by atoms with Gasteiger partial charge in [0.25, 0.3) is 11.8 Å². The third-order valence-electron chi connectivity index (χ3n) is 6.01. The average molecular weight is 511 g/mol. The van der Waals surface area contributed by atoms with Crippen molar-refractivity contribution >= 4 is 46.9 Å². The minimum absolute atomic E-state index is 0.190. The number of nitrogens with zero attached hydrogens (tertiary/aromatic N) is 2. The first-order valence-corrected chi connectivity index (χ1v) is 11.9. The summed E-state index contributed by atoms with van der Waals surface area (Å²) >= 11 is 6.50. The van der Waals surface area contributed by atoms with E-state index in [4.69, 9.17) is 11.6 Å². The van der Waals surface area contributed by atoms with Crippen LogP contribution >= 0.6 is 11.6 Å². The predicted octanol–water partition coefficient (Wildman–Crippen LogP) is 6.65. The molecular formula is C30H20ClFN2O3. The van der Waals surface area contributed by atoms with Crippen LogP contribution in [0.4, 0.5) is 20.6 Å². The van der Waals surface area contributed by atoms with Gasteiger partial charge in [0.05, 0.1) is 11.4 Å². The van der Waals surface area contributed by atoms with Crippen LogP contribution in [-0.4, -0.2) is 17.8 Å². The Morgan fingerprint density at radius 3 is 1.76 bits per heavy atom. The van der Waals surface area contributed by atoms with E-state index in [1.165, 1.54) is 12.1 Å². The number of hydrogen-bond acceptors (Lipinski definition) is 3. The summed E-state index contributed by atoms with van der Waals surface area (Å²) in [6.07, 6.45) is 1.71. The van der Waals surface area contributed by atoms with E-state index in [1.807, 2.05) is 0 Å². The van der Waals surface area contributed by atoms with Gasteiger partial charge in [-0.3, -0.25) is 9.59 Å². The van der Waals surface area contributed by atoms with Crippen molar-refractivity contribution in [3.05, 3.63) is 136 Å². The summed E-state index contributed by atoms with van der Waals surface area (Å²) in [5.74, 6) is -1.80. The number of benzene rings is 4. The third-order valence-corrected chi connectivity index (χ3v) is 6.36. The molecule has 0 radical (unpaired) electrons. The largest absolute Gasteiger partial charge is 0.343 e. The fraction of sp³-hybridized carbons (Fsp3) is 0.0333. The van der Waals surface area contributed by atoms with Crippen LogP contribution in [0.5, 0.6) is 0 Å². The molecule has 1 aliphatic heterocycles. The molecule has 0 bridgehead atoms. The van der Waals surface area contributed by atoms with Gasteiger partial charge in [-0.25, -0.2) is 19.0 Å². The van der Waals surface area contributed by atoms with Gasteiger partial charge in [0, 0.05) is 11.4 Å². The number of urea groups is 1. The molecule has 0 spiro atoms. The van der Waals surface area contributed by atoms with Crippen LogP contribution in [-0.2, 0) is 16.0 Å². The molecular weight excluding hydrogens is 491 g/mol. The molecule has 1 fully saturated rings. The Labute approximate surface area is 218 Å². The maximum absolute atomic E-state index is 14.1. The Hall–Kier alpha value is -4.55. The molecule has 5 rings (SSSR count). The lowest BCUT2D eigenvalue weighted by Gasteiger charge is -2.33. The molecule has 0 N–H and O–H groups in total. The van der Waals surface area contributed by atoms with E-state index in [0.29, 0.717) is 33.1 Å². The van der Waals surface area contributed by atoms with Crippen LogP contribution in [0, 0.1) is 5.82 Å². The second-order valence-electron chi connectivity index (χ2n) is 8.41. The number of anilines is 2. The molecule has 0 unspecified atom stereocenters. The zero-order valence-corrected chi connectivity index (χ0v) is 20.2. The molecule has 0 aliphatic carbocycles. The lowest BCUT2D eigenvalue weighted by atomic mass is 10.0. The van der Waals surface area contributed by atoms with Gasteiger partial charge in [0.2, 0.25) is 0 Å². The van der Waals surface area contributed by atoms with Gasteiger partial charge < -0.3 is 0 Å². The Morgan fingerprint density at radius 2 is 1.22 bits per heavy atom. The number of para-hydroxylation sites is 2. The Kier molecular flexibility index (Phi) is 6.66. The second kappa shape index (κ2) is 10.2. The fourth-order valence-electron chi connectivity index (χ4n) is 4.15. The quantitative estimate of drug-likeness (QED) is 0.223. The van der Waals surface area contributed by atoms with Crippen LogP contribution in [0.15, 0.2) is 109 Å². The van der Waals surface area contributed by atoms with Crippen molar-refractivity contribution in [3.8, 4) is 0 Å². The van der Waals surface area contributed by atoms with Gasteiger partial charge in [0.1, 0.15) is 11.4 Å². The van der Waals surface area contributed by atoms with Crippen molar-refractivity contribution in [2.24, 2.45) is 0 Å². The first-order valence-electron chi connectivity index (χ1n) is 11.5. The van der Waals surface area contributed by atoms with E-state index in [0.717, 1.165) is 9.80 Å². The van der Waals surface area contributed by atoms with Gasteiger partial charge in [-0.2, -0.15) is 0 Å². The lowest BCUT2D eigenvalue weighted by molar-refractivity contribution is -0.121. The monoisotopic (exact) mass is 510 g/mol.